The molecule has 8 N–H and O–H groups in total. The minimum absolute atomic E-state index is 0.275. The minimum Gasteiger partial charge on any atom is -0.298 e. The standard InChI is InChI=1S/C52H92N12/c1-11-25-61(26-12-1)41-39-40(42(62-27-13-2-14-28-62)44(64-31-17-4-18-32-64)43(41)63-29-15-3-16-30-63)52-59-50-38-24-10-8-22-36(38)48(57-50)55-46-34-20-6-5-19-33(34)45(53-46)54-47-35-21-7-9-23-37(35)49(56-47)58-51(39)60-52/h33-60H,1-32H2. The Morgan fingerprint density at radius 2 is 0.406 bits per heavy atom. The lowest BCUT2D eigenvalue weighted by Gasteiger charge is -2.63. The van der Waals surface area contributed by atoms with Crippen LogP contribution in [0.5, 0.6) is 0 Å². The van der Waals surface area contributed by atoms with Crippen molar-refractivity contribution in [2.24, 2.45) is 47.3 Å². The third kappa shape index (κ3) is 7.93. The Balaban J connectivity index is 0.942. The molecular weight excluding hydrogens is 793 g/mol. The number of nitrogens with zero attached hydrogens (tertiary/aromatic N) is 4. The first-order valence-corrected chi connectivity index (χ1v) is 28.8. The quantitative estimate of drug-likeness (QED) is 0.205. The first-order chi connectivity index (χ1) is 31.7. The van der Waals surface area contributed by atoms with Gasteiger partial charge in [-0.25, -0.2) is 0 Å². The lowest BCUT2D eigenvalue weighted by molar-refractivity contribution is -0.121. The summed E-state index contributed by atoms with van der Waals surface area (Å²) in [6, 6.07) is 2.29. The molecule has 8 bridgehead atoms. The summed E-state index contributed by atoms with van der Waals surface area (Å²) in [5.41, 5.74) is 0. The molecule has 0 amide bonds. The number of piperidine rings is 4. The Morgan fingerprint density at radius 3 is 0.656 bits per heavy atom. The van der Waals surface area contributed by atoms with Gasteiger partial charge in [0.1, 0.15) is 0 Å². The first-order valence-electron chi connectivity index (χ1n) is 28.8. The van der Waals surface area contributed by atoms with Gasteiger partial charge in [0, 0.05) is 36.0 Å². The van der Waals surface area contributed by atoms with E-state index in [0.29, 0.717) is 109 Å². The van der Waals surface area contributed by atoms with Gasteiger partial charge in [-0.3, -0.25) is 62.1 Å². The van der Waals surface area contributed by atoms with Crippen LogP contribution in [0, 0.1) is 47.3 Å². The van der Waals surface area contributed by atoms with E-state index in [9.17, 15) is 0 Å². The predicted octanol–water partition coefficient (Wildman–Crippen LogP) is 4.46. The van der Waals surface area contributed by atoms with E-state index >= 15 is 0 Å². The van der Waals surface area contributed by atoms with Crippen molar-refractivity contribution in [3.63, 3.8) is 0 Å². The summed E-state index contributed by atoms with van der Waals surface area (Å²) in [5, 5.41) is 36.2. The fourth-order valence-corrected chi connectivity index (χ4v) is 18.7. The minimum atomic E-state index is 0.275. The largest absolute Gasteiger partial charge is 0.298 e. The lowest BCUT2D eigenvalue weighted by Crippen LogP contribution is -2.77. The lowest BCUT2D eigenvalue weighted by atomic mass is 9.64. The van der Waals surface area contributed by atoms with E-state index in [2.05, 4.69) is 51.5 Å². The van der Waals surface area contributed by atoms with Crippen LogP contribution in [-0.2, 0) is 0 Å². The molecule has 64 heavy (non-hydrogen) atoms. The van der Waals surface area contributed by atoms with Gasteiger partial charge in [-0.1, -0.05) is 64.2 Å². The van der Waals surface area contributed by atoms with E-state index in [1.54, 1.807) is 0 Å². The molecule has 12 nitrogen and oxygen atoms in total. The van der Waals surface area contributed by atoms with Crippen LogP contribution in [0.25, 0.3) is 0 Å². The normalized spacial score (nSPS) is 52.1. The maximum absolute atomic E-state index is 4.69. The van der Waals surface area contributed by atoms with Crippen molar-refractivity contribution in [2.75, 3.05) is 52.4 Å². The van der Waals surface area contributed by atoms with Gasteiger partial charge in [0.05, 0.1) is 49.3 Å². The molecule has 13 rings (SSSR count). The third-order valence-electron chi connectivity index (χ3n) is 21.4. The molecule has 4 aliphatic carbocycles. The van der Waals surface area contributed by atoms with E-state index in [4.69, 9.17) is 10.6 Å². The highest BCUT2D eigenvalue weighted by molar-refractivity contribution is 5.20. The Hall–Kier alpha value is -0.480. The monoisotopic (exact) mass is 885 g/mol. The molecule has 13 aliphatic rings. The first kappa shape index (κ1) is 43.5. The molecule has 13 fully saturated rings. The molecule has 360 valence electrons. The van der Waals surface area contributed by atoms with E-state index in [1.165, 1.54) is 206 Å². The van der Waals surface area contributed by atoms with E-state index < -0.39 is 0 Å². The number of nitrogens with one attached hydrogen (secondary N) is 8. The number of likely N-dealkylation sites (tertiary alicyclic amines) is 4. The van der Waals surface area contributed by atoms with E-state index in [0.717, 1.165) is 0 Å². The highest BCUT2D eigenvalue weighted by atomic mass is 15.4. The van der Waals surface area contributed by atoms with Crippen LogP contribution in [0.1, 0.15) is 154 Å². The number of hydrogen-bond donors (Lipinski definition) is 8. The summed E-state index contributed by atoms with van der Waals surface area (Å²) < 4.78 is 0. The number of rotatable bonds is 4. The Morgan fingerprint density at radius 1 is 0.203 bits per heavy atom. The summed E-state index contributed by atoms with van der Waals surface area (Å²) in [6.07, 6.45) is 36.0. The van der Waals surface area contributed by atoms with Crippen molar-refractivity contribution in [2.45, 2.75) is 228 Å². The second-order valence-corrected chi connectivity index (χ2v) is 24.5. The maximum Gasteiger partial charge on any atom is 0.0645 e. The second-order valence-electron chi connectivity index (χ2n) is 24.5. The molecule has 0 radical (unpaired) electrons. The van der Waals surface area contributed by atoms with Crippen LogP contribution >= 0.6 is 0 Å². The third-order valence-corrected chi connectivity index (χ3v) is 21.4. The average Bonchev–Trinajstić information content (AvgIpc) is 4.10. The van der Waals surface area contributed by atoms with Crippen LogP contribution in [0.2, 0.25) is 0 Å². The molecule has 0 spiro atoms. The van der Waals surface area contributed by atoms with Crippen molar-refractivity contribution >= 4 is 0 Å². The topological polar surface area (TPSA) is 109 Å². The fraction of sp³-hybridized carbons (Fsp3) is 1.00. The number of fused-ring (bicyclic) bond motifs is 20. The molecule has 0 aromatic rings. The van der Waals surface area contributed by atoms with Gasteiger partial charge in [-0.15, -0.1) is 0 Å². The van der Waals surface area contributed by atoms with Gasteiger partial charge >= 0.3 is 0 Å². The van der Waals surface area contributed by atoms with Crippen molar-refractivity contribution in [3.05, 3.63) is 0 Å². The zero-order valence-corrected chi connectivity index (χ0v) is 40.0. The SMILES string of the molecule is C1CCN(C2C3C4NC5NC(NC6NC(NC7NC(NC(N4)C3C(N3CCCCC3)C(N3CCCCC3)C2N2CCCCC2)C2CCCCC72)C2CCCCC62)C2CCCCC52)CC1. The van der Waals surface area contributed by atoms with Gasteiger partial charge in [0.2, 0.25) is 0 Å². The molecule has 0 aromatic heterocycles. The van der Waals surface area contributed by atoms with Gasteiger partial charge in [-0.05, 0) is 178 Å². The second kappa shape index (κ2) is 19.0. The Kier molecular flexibility index (Phi) is 12.9. The zero-order valence-electron chi connectivity index (χ0n) is 40.0. The highest BCUT2D eigenvalue weighted by Gasteiger charge is 2.65. The fourth-order valence-electron chi connectivity index (χ4n) is 18.7. The molecule has 4 saturated carbocycles. The van der Waals surface area contributed by atoms with Crippen LogP contribution in [0.3, 0.4) is 0 Å². The summed E-state index contributed by atoms with van der Waals surface area (Å²) in [7, 11) is 0. The van der Waals surface area contributed by atoms with Crippen LogP contribution < -0.4 is 42.5 Å². The van der Waals surface area contributed by atoms with Crippen LogP contribution in [0.4, 0.5) is 0 Å². The molecule has 9 aliphatic heterocycles. The molecule has 20 atom stereocenters. The summed E-state index contributed by atoms with van der Waals surface area (Å²) in [5.74, 6) is 5.27. The maximum atomic E-state index is 4.69. The molecule has 20 unspecified atom stereocenters. The average molecular weight is 885 g/mol. The Labute approximate surface area is 388 Å². The van der Waals surface area contributed by atoms with Gasteiger partial charge in [0.15, 0.2) is 0 Å². The molecule has 12 heteroatoms. The summed E-state index contributed by atoms with van der Waals surface area (Å²) in [4.78, 5) is 12.6. The molecular formula is C52H92N12. The summed E-state index contributed by atoms with van der Waals surface area (Å²) in [6.45, 7) is 10.4. The molecule has 9 heterocycles. The molecule has 0 aromatic carbocycles. The zero-order chi connectivity index (χ0) is 42.1. The van der Waals surface area contributed by atoms with Gasteiger partial charge in [-0.2, -0.15) is 0 Å². The highest BCUT2D eigenvalue weighted by Crippen LogP contribution is 2.50. The molecule has 9 saturated heterocycles. The Bertz CT molecular complexity index is 1440. The summed E-state index contributed by atoms with van der Waals surface area (Å²) >= 11 is 0. The van der Waals surface area contributed by atoms with Crippen molar-refractivity contribution in [1.82, 2.24) is 62.1 Å². The smallest absolute Gasteiger partial charge is 0.0645 e. The van der Waals surface area contributed by atoms with Gasteiger partial charge in [0.25, 0.3) is 0 Å². The van der Waals surface area contributed by atoms with Crippen molar-refractivity contribution in [1.29, 1.82) is 0 Å². The van der Waals surface area contributed by atoms with Crippen molar-refractivity contribution < 1.29 is 0 Å². The predicted molar refractivity (Wildman–Crippen MR) is 256 cm³/mol. The van der Waals surface area contributed by atoms with Gasteiger partial charge < -0.3 is 0 Å². The van der Waals surface area contributed by atoms with Crippen LogP contribution in [0.15, 0.2) is 0 Å². The van der Waals surface area contributed by atoms with E-state index in [1.807, 2.05) is 0 Å². The van der Waals surface area contributed by atoms with E-state index in [-0.39, 0.29) is 12.3 Å². The van der Waals surface area contributed by atoms with Crippen LogP contribution in [-0.4, -0.2) is 145 Å². The van der Waals surface area contributed by atoms with Crippen molar-refractivity contribution in [3.8, 4) is 0 Å². The number of hydrogen-bond acceptors (Lipinski definition) is 12.